The third-order valence-electron chi connectivity index (χ3n) is 3.94. The van der Waals surface area contributed by atoms with E-state index in [1.165, 1.54) is 4.90 Å². The molecule has 1 aromatic carbocycles. The predicted molar refractivity (Wildman–Crippen MR) is 75.3 cm³/mol. The summed E-state index contributed by atoms with van der Waals surface area (Å²) in [6.45, 7) is 0.357. The van der Waals surface area contributed by atoms with Crippen molar-refractivity contribution in [1.29, 1.82) is 0 Å². The highest BCUT2D eigenvalue weighted by atomic mass is 32.2. The molecule has 108 valence electrons. The third kappa shape index (κ3) is 2.22. The number of sulfone groups is 1. The Hall–Kier alpha value is -1.76. The SMILES string of the molecule is Nc1ccccc1N1CC2(CCS(=O)(=O)CC2)OC1=O. The maximum absolute atomic E-state index is 12.1. The molecule has 7 heteroatoms. The van der Waals surface area contributed by atoms with Gasteiger partial charge in [-0.05, 0) is 12.1 Å². The van der Waals surface area contributed by atoms with E-state index in [4.69, 9.17) is 10.5 Å². The first-order chi connectivity index (χ1) is 9.41. The van der Waals surface area contributed by atoms with Crippen LogP contribution >= 0.6 is 0 Å². The number of benzene rings is 1. The van der Waals surface area contributed by atoms with Crippen LogP contribution in [-0.4, -0.2) is 38.2 Å². The summed E-state index contributed by atoms with van der Waals surface area (Å²) in [7, 11) is -2.99. The zero-order valence-corrected chi connectivity index (χ0v) is 11.7. The molecule has 0 aliphatic carbocycles. The summed E-state index contributed by atoms with van der Waals surface area (Å²) in [6.07, 6.45) is 0.247. The Morgan fingerprint density at radius 3 is 2.50 bits per heavy atom. The van der Waals surface area contributed by atoms with Crippen molar-refractivity contribution in [2.45, 2.75) is 18.4 Å². The molecule has 0 unspecified atom stereocenters. The third-order valence-corrected chi connectivity index (χ3v) is 5.59. The average Bonchev–Trinajstić information content (AvgIpc) is 2.72. The second kappa shape index (κ2) is 4.37. The first-order valence-corrected chi connectivity index (χ1v) is 8.28. The van der Waals surface area contributed by atoms with Crippen molar-refractivity contribution in [2.24, 2.45) is 0 Å². The smallest absolute Gasteiger partial charge is 0.415 e. The van der Waals surface area contributed by atoms with Crippen LogP contribution in [-0.2, 0) is 14.6 Å². The molecule has 0 bridgehead atoms. The Bertz CT molecular complexity index is 642. The Morgan fingerprint density at radius 2 is 1.85 bits per heavy atom. The number of carbonyl (C=O) groups is 1. The van der Waals surface area contributed by atoms with Gasteiger partial charge in [0.05, 0.1) is 29.4 Å². The Labute approximate surface area is 117 Å². The lowest BCUT2D eigenvalue weighted by molar-refractivity contribution is 0.0487. The maximum Gasteiger partial charge on any atom is 0.415 e. The molecule has 2 saturated heterocycles. The van der Waals surface area contributed by atoms with Gasteiger partial charge in [0.15, 0.2) is 9.84 Å². The van der Waals surface area contributed by atoms with E-state index in [1.54, 1.807) is 24.3 Å². The number of nitrogens with two attached hydrogens (primary N) is 1. The lowest BCUT2D eigenvalue weighted by Gasteiger charge is -2.30. The number of hydrogen-bond donors (Lipinski definition) is 1. The summed E-state index contributed by atoms with van der Waals surface area (Å²) in [5.74, 6) is 0.136. The van der Waals surface area contributed by atoms with E-state index in [9.17, 15) is 13.2 Å². The molecule has 2 aliphatic rings. The van der Waals surface area contributed by atoms with E-state index in [-0.39, 0.29) is 11.5 Å². The van der Waals surface area contributed by atoms with Crippen molar-refractivity contribution in [3.05, 3.63) is 24.3 Å². The molecule has 1 amide bonds. The molecule has 1 aromatic rings. The standard InChI is InChI=1S/C13H16N2O4S/c14-10-3-1-2-4-11(10)15-9-13(19-12(15)16)5-7-20(17,18)8-6-13/h1-4H,5-9,14H2. The molecule has 3 rings (SSSR count). The number of hydrogen-bond acceptors (Lipinski definition) is 5. The normalized spacial score (nSPS) is 23.8. The maximum atomic E-state index is 12.1. The van der Waals surface area contributed by atoms with Crippen LogP contribution in [0.5, 0.6) is 0 Å². The summed E-state index contributed by atoms with van der Waals surface area (Å²) in [5, 5.41) is 0. The van der Waals surface area contributed by atoms with Crippen LogP contribution in [0.2, 0.25) is 0 Å². The Morgan fingerprint density at radius 1 is 1.20 bits per heavy atom. The number of carbonyl (C=O) groups excluding carboxylic acids is 1. The topological polar surface area (TPSA) is 89.7 Å². The number of nitrogen functional groups attached to an aromatic ring is 1. The number of nitrogens with zero attached hydrogens (tertiary/aromatic N) is 1. The van der Waals surface area contributed by atoms with Gasteiger partial charge < -0.3 is 10.5 Å². The minimum atomic E-state index is -2.99. The van der Waals surface area contributed by atoms with E-state index in [1.807, 2.05) is 0 Å². The van der Waals surface area contributed by atoms with Crippen LogP contribution in [0.3, 0.4) is 0 Å². The van der Waals surface area contributed by atoms with Gasteiger partial charge >= 0.3 is 6.09 Å². The van der Waals surface area contributed by atoms with Crippen molar-refractivity contribution in [3.8, 4) is 0 Å². The summed E-state index contributed by atoms with van der Waals surface area (Å²) in [4.78, 5) is 13.6. The highest BCUT2D eigenvalue weighted by molar-refractivity contribution is 7.91. The van der Waals surface area contributed by atoms with Crippen molar-refractivity contribution < 1.29 is 17.9 Å². The fraction of sp³-hybridized carbons (Fsp3) is 0.462. The van der Waals surface area contributed by atoms with Crippen molar-refractivity contribution in [2.75, 3.05) is 28.7 Å². The Balaban J connectivity index is 1.85. The number of anilines is 2. The molecule has 0 aromatic heterocycles. The van der Waals surface area contributed by atoms with Crippen LogP contribution in [0.4, 0.5) is 16.2 Å². The minimum absolute atomic E-state index is 0.0678. The van der Waals surface area contributed by atoms with Gasteiger partial charge in [-0.3, -0.25) is 4.90 Å². The largest absolute Gasteiger partial charge is 0.441 e. The van der Waals surface area contributed by atoms with Crippen LogP contribution in [0, 0.1) is 0 Å². The number of para-hydroxylation sites is 2. The van der Waals surface area contributed by atoms with Gasteiger partial charge in [0.1, 0.15) is 5.60 Å². The van der Waals surface area contributed by atoms with Gasteiger partial charge in [-0.15, -0.1) is 0 Å². The monoisotopic (exact) mass is 296 g/mol. The van der Waals surface area contributed by atoms with Gasteiger partial charge in [0.25, 0.3) is 0 Å². The van der Waals surface area contributed by atoms with E-state index in [0.717, 1.165) is 0 Å². The first-order valence-electron chi connectivity index (χ1n) is 6.46. The fourth-order valence-electron chi connectivity index (χ4n) is 2.71. The van der Waals surface area contributed by atoms with E-state index in [0.29, 0.717) is 30.8 Å². The Kier molecular flexibility index (Phi) is 2.89. The second-order valence-electron chi connectivity index (χ2n) is 5.35. The zero-order chi connectivity index (χ0) is 14.4. The summed E-state index contributed by atoms with van der Waals surface area (Å²) < 4.78 is 28.5. The quantitative estimate of drug-likeness (QED) is 0.786. The molecule has 0 saturated carbocycles. The van der Waals surface area contributed by atoms with E-state index in [2.05, 4.69) is 0 Å². The molecule has 1 spiro atoms. The number of amides is 1. The van der Waals surface area contributed by atoms with Gasteiger partial charge in [-0.1, -0.05) is 12.1 Å². The van der Waals surface area contributed by atoms with E-state index < -0.39 is 21.5 Å². The number of ether oxygens (including phenoxy) is 1. The van der Waals surface area contributed by atoms with Gasteiger partial charge in [-0.25, -0.2) is 13.2 Å². The van der Waals surface area contributed by atoms with Gasteiger partial charge in [-0.2, -0.15) is 0 Å². The molecule has 0 radical (unpaired) electrons. The lowest BCUT2D eigenvalue weighted by Crippen LogP contribution is -2.42. The minimum Gasteiger partial charge on any atom is -0.441 e. The first kappa shape index (κ1) is 13.2. The molecule has 2 aliphatic heterocycles. The predicted octanol–water partition coefficient (Wildman–Crippen LogP) is 1.17. The molecular formula is C13H16N2O4S. The summed E-state index contributed by atoms with van der Waals surface area (Å²) >= 11 is 0. The number of rotatable bonds is 1. The van der Waals surface area contributed by atoms with Crippen molar-refractivity contribution in [1.82, 2.24) is 0 Å². The lowest BCUT2D eigenvalue weighted by atomic mass is 9.97. The highest BCUT2D eigenvalue weighted by Gasteiger charge is 2.49. The molecule has 0 atom stereocenters. The van der Waals surface area contributed by atoms with Crippen LogP contribution in [0.1, 0.15) is 12.8 Å². The van der Waals surface area contributed by atoms with Gasteiger partial charge in [0, 0.05) is 12.8 Å². The molecular weight excluding hydrogens is 280 g/mol. The average molecular weight is 296 g/mol. The summed E-state index contributed by atoms with van der Waals surface area (Å²) in [5.41, 5.74) is 6.31. The molecule has 6 nitrogen and oxygen atoms in total. The molecule has 2 heterocycles. The van der Waals surface area contributed by atoms with Gasteiger partial charge in [0.2, 0.25) is 0 Å². The van der Waals surface area contributed by atoms with E-state index >= 15 is 0 Å². The fourth-order valence-corrected chi connectivity index (χ4v) is 4.28. The van der Waals surface area contributed by atoms with Crippen LogP contribution in [0.15, 0.2) is 24.3 Å². The molecule has 2 fully saturated rings. The van der Waals surface area contributed by atoms with Crippen molar-refractivity contribution in [3.63, 3.8) is 0 Å². The van der Waals surface area contributed by atoms with Crippen LogP contribution < -0.4 is 10.6 Å². The zero-order valence-electron chi connectivity index (χ0n) is 10.9. The molecule has 2 N–H and O–H groups in total. The summed E-state index contributed by atoms with van der Waals surface area (Å²) in [6, 6.07) is 7.08. The highest BCUT2D eigenvalue weighted by Crippen LogP contribution is 2.37. The second-order valence-corrected chi connectivity index (χ2v) is 7.65. The van der Waals surface area contributed by atoms with Crippen molar-refractivity contribution >= 4 is 27.3 Å². The van der Waals surface area contributed by atoms with Crippen LogP contribution in [0.25, 0.3) is 0 Å². The molecule has 20 heavy (non-hydrogen) atoms.